The lowest BCUT2D eigenvalue weighted by molar-refractivity contribution is 0.244. The quantitative estimate of drug-likeness (QED) is 0.413. The minimum Gasteiger partial charge on any atom is -0.493 e. The predicted octanol–water partition coefficient (Wildman–Crippen LogP) is 4.28. The first kappa shape index (κ1) is 21.1. The van der Waals surface area contributed by atoms with E-state index in [0.717, 1.165) is 27.6 Å². The van der Waals surface area contributed by atoms with Gasteiger partial charge in [0.25, 0.3) is 5.56 Å². The molecule has 160 valence electrons. The van der Waals surface area contributed by atoms with E-state index in [1.54, 1.807) is 24.7 Å². The number of ether oxygens (including phenoxy) is 2. The van der Waals surface area contributed by atoms with E-state index in [9.17, 15) is 4.79 Å². The SMILES string of the molecule is COc1ccc(CN(Cc2ccccc2)Cc2cc(=O)n3cc(C)sc3n2)cc1OC. The van der Waals surface area contributed by atoms with E-state index < -0.39 is 0 Å². The lowest BCUT2D eigenvalue weighted by atomic mass is 10.1. The van der Waals surface area contributed by atoms with Gasteiger partial charge in [-0.25, -0.2) is 4.98 Å². The molecule has 0 spiro atoms. The summed E-state index contributed by atoms with van der Waals surface area (Å²) in [6.45, 7) is 3.96. The first-order valence-electron chi connectivity index (χ1n) is 10.0. The van der Waals surface area contributed by atoms with Gasteiger partial charge in [0.15, 0.2) is 16.5 Å². The van der Waals surface area contributed by atoms with Gasteiger partial charge in [-0.05, 0) is 30.2 Å². The average molecular weight is 436 g/mol. The van der Waals surface area contributed by atoms with Gasteiger partial charge in [-0.1, -0.05) is 36.4 Å². The molecule has 6 nitrogen and oxygen atoms in total. The monoisotopic (exact) mass is 435 g/mol. The lowest BCUT2D eigenvalue weighted by Crippen LogP contribution is -2.24. The molecule has 0 aliphatic carbocycles. The zero-order valence-electron chi connectivity index (χ0n) is 17.9. The summed E-state index contributed by atoms with van der Waals surface area (Å²) in [5.74, 6) is 1.40. The molecule has 2 heterocycles. The molecule has 0 saturated carbocycles. The van der Waals surface area contributed by atoms with Gasteiger partial charge in [0.1, 0.15) is 0 Å². The van der Waals surface area contributed by atoms with E-state index in [0.29, 0.717) is 24.6 Å². The number of fused-ring (bicyclic) bond motifs is 1. The zero-order chi connectivity index (χ0) is 21.8. The van der Waals surface area contributed by atoms with Crippen molar-refractivity contribution in [1.29, 1.82) is 0 Å². The summed E-state index contributed by atoms with van der Waals surface area (Å²) >= 11 is 1.53. The van der Waals surface area contributed by atoms with Crippen LogP contribution in [0.4, 0.5) is 0 Å². The summed E-state index contributed by atoms with van der Waals surface area (Å²) in [7, 11) is 3.27. The van der Waals surface area contributed by atoms with Crippen LogP contribution in [0.15, 0.2) is 65.6 Å². The van der Waals surface area contributed by atoms with Gasteiger partial charge in [0.2, 0.25) is 0 Å². The van der Waals surface area contributed by atoms with Crippen LogP contribution in [-0.2, 0) is 19.6 Å². The second-order valence-corrected chi connectivity index (χ2v) is 8.61. The van der Waals surface area contributed by atoms with Crippen LogP contribution < -0.4 is 15.0 Å². The fourth-order valence-electron chi connectivity index (χ4n) is 3.61. The molecular weight excluding hydrogens is 410 g/mol. The second kappa shape index (κ2) is 9.32. The van der Waals surface area contributed by atoms with Gasteiger partial charge in [-0.15, -0.1) is 11.3 Å². The fourth-order valence-corrected chi connectivity index (χ4v) is 4.46. The lowest BCUT2D eigenvalue weighted by Gasteiger charge is -2.23. The number of thiazole rings is 1. The summed E-state index contributed by atoms with van der Waals surface area (Å²) < 4.78 is 12.4. The molecule has 4 rings (SSSR count). The van der Waals surface area contributed by atoms with Crippen molar-refractivity contribution in [3.8, 4) is 11.5 Å². The third-order valence-corrected chi connectivity index (χ3v) is 5.92. The molecule has 0 radical (unpaired) electrons. The molecule has 0 aliphatic heterocycles. The topological polar surface area (TPSA) is 56.1 Å². The Balaban J connectivity index is 1.64. The molecule has 2 aromatic carbocycles. The van der Waals surface area contributed by atoms with Crippen LogP contribution in [0.3, 0.4) is 0 Å². The second-order valence-electron chi connectivity index (χ2n) is 7.40. The normalized spacial score (nSPS) is 11.2. The number of aryl methyl sites for hydroxylation is 1. The molecule has 4 aromatic rings. The summed E-state index contributed by atoms with van der Waals surface area (Å²) in [5, 5.41) is 0. The maximum Gasteiger partial charge on any atom is 0.258 e. The number of hydrogen-bond acceptors (Lipinski definition) is 6. The third-order valence-electron chi connectivity index (χ3n) is 5.02. The van der Waals surface area contributed by atoms with Crippen molar-refractivity contribution in [1.82, 2.24) is 14.3 Å². The highest BCUT2D eigenvalue weighted by Crippen LogP contribution is 2.28. The third kappa shape index (κ3) is 4.95. The van der Waals surface area contributed by atoms with Gasteiger partial charge >= 0.3 is 0 Å². The van der Waals surface area contributed by atoms with Crippen molar-refractivity contribution in [3.05, 3.63) is 92.8 Å². The van der Waals surface area contributed by atoms with Crippen LogP contribution in [0.25, 0.3) is 4.96 Å². The standard InChI is InChI=1S/C24H25N3O3S/c1-17-13-27-23(28)12-20(25-24(27)31-17)16-26(14-18-7-5-4-6-8-18)15-19-9-10-21(29-2)22(11-19)30-3/h4-13H,14-16H2,1-3H3. The first-order valence-corrected chi connectivity index (χ1v) is 10.8. The van der Waals surface area contributed by atoms with Crippen molar-refractivity contribution >= 4 is 16.3 Å². The van der Waals surface area contributed by atoms with Crippen LogP contribution in [0.1, 0.15) is 21.7 Å². The highest BCUT2D eigenvalue weighted by Gasteiger charge is 2.14. The Kier molecular flexibility index (Phi) is 6.34. The summed E-state index contributed by atoms with van der Waals surface area (Å²) in [4.78, 5) is 21.3. The number of methoxy groups -OCH3 is 2. The van der Waals surface area contributed by atoms with Crippen molar-refractivity contribution in [2.45, 2.75) is 26.6 Å². The Bertz CT molecular complexity index is 1230. The summed E-state index contributed by atoms with van der Waals surface area (Å²) in [6, 6.07) is 17.9. The largest absolute Gasteiger partial charge is 0.493 e. The highest BCUT2D eigenvalue weighted by molar-refractivity contribution is 7.16. The van der Waals surface area contributed by atoms with Gasteiger partial charge in [0.05, 0.1) is 19.9 Å². The number of benzene rings is 2. The van der Waals surface area contributed by atoms with Gasteiger partial charge in [-0.3, -0.25) is 14.1 Å². The van der Waals surface area contributed by atoms with Crippen LogP contribution >= 0.6 is 11.3 Å². The molecule has 2 aromatic heterocycles. The van der Waals surface area contributed by atoms with E-state index in [2.05, 4.69) is 17.0 Å². The molecular formula is C24H25N3O3S. The molecule has 0 N–H and O–H groups in total. The first-order chi connectivity index (χ1) is 15.1. The maximum absolute atomic E-state index is 12.5. The van der Waals surface area contributed by atoms with E-state index in [-0.39, 0.29) is 5.56 Å². The Morgan fingerprint density at radius 2 is 1.68 bits per heavy atom. The molecule has 0 unspecified atom stereocenters. The van der Waals surface area contributed by atoms with E-state index in [4.69, 9.17) is 14.5 Å². The van der Waals surface area contributed by atoms with Crippen LogP contribution in [0, 0.1) is 6.92 Å². The maximum atomic E-state index is 12.5. The van der Waals surface area contributed by atoms with Crippen LogP contribution in [0.5, 0.6) is 11.5 Å². The highest BCUT2D eigenvalue weighted by atomic mass is 32.1. The molecule has 7 heteroatoms. The van der Waals surface area contributed by atoms with Gasteiger partial charge < -0.3 is 9.47 Å². The molecule has 0 saturated heterocycles. The molecule has 0 amide bonds. The van der Waals surface area contributed by atoms with Crippen molar-refractivity contribution in [2.75, 3.05) is 14.2 Å². The van der Waals surface area contributed by atoms with Gasteiger partial charge in [-0.2, -0.15) is 0 Å². The Morgan fingerprint density at radius 3 is 2.42 bits per heavy atom. The minimum absolute atomic E-state index is 0.0462. The smallest absolute Gasteiger partial charge is 0.258 e. The van der Waals surface area contributed by atoms with E-state index in [1.165, 1.54) is 16.9 Å². The fraction of sp³-hybridized carbons (Fsp3) is 0.250. The molecule has 31 heavy (non-hydrogen) atoms. The Labute approximate surface area is 185 Å². The van der Waals surface area contributed by atoms with Gasteiger partial charge in [0, 0.05) is 36.8 Å². The Morgan fingerprint density at radius 1 is 0.935 bits per heavy atom. The number of hydrogen-bond donors (Lipinski definition) is 0. The number of aromatic nitrogens is 2. The van der Waals surface area contributed by atoms with Crippen molar-refractivity contribution < 1.29 is 9.47 Å². The average Bonchev–Trinajstić information content (AvgIpc) is 3.15. The summed E-state index contributed by atoms with van der Waals surface area (Å²) in [6.07, 6.45) is 1.84. The Hall–Kier alpha value is -3.16. The van der Waals surface area contributed by atoms with E-state index in [1.807, 2.05) is 49.5 Å². The minimum atomic E-state index is -0.0462. The molecule has 0 bridgehead atoms. The van der Waals surface area contributed by atoms with E-state index >= 15 is 0 Å². The van der Waals surface area contributed by atoms with Crippen molar-refractivity contribution in [2.24, 2.45) is 0 Å². The number of nitrogens with zero attached hydrogens (tertiary/aromatic N) is 3. The summed E-state index contributed by atoms with van der Waals surface area (Å²) in [5.41, 5.74) is 3.02. The molecule has 0 atom stereocenters. The predicted molar refractivity (Wildman–Crippen MR) is 123 cm³/mol. The van der Waals surface area contributed by atoms with Crippen LogP contribution in [0.2, 0.25) is 0 Å². The molecule has 0 aliphatic rings. The van der Waals surface area contributed by atoms with Crippen LogP contribution in [-0.4, -0.2) is 28.5 Å². The molecule has 0 fully saturated rings. The van der Waals surface area contributed by atoms with Crippen molar-refractivity contribution in [3.63, 3.8) is 0 Å². The zero-order valence-corrected chi connectivity index (χ0v) is 18.7. The number of rotatable bonds is 8.